The molecule has 1 aromatic carbocycles. The fourth-order valence-corrected chi connectivity index (χ4v) is 2.72. The number of hydrogen-bond donors (Lipinski definition) is 1. The minimum atomic E-state index is -0.526. The second-order valence-corrected chi connectivity index (χ2v) is 5.39. The van der Waals surface area contributed by atoms with E-state index >= 15 is 0 Å². The normalized spacial score (nSPS) is 14.2. The summed E-state index contributed by atoms with van der Waals surface area (Å²) in [5.41, 5.74) is 3.18. The summed E-state index contributed by atoms with van der Waals surface area (Å²) >= 11 is 3.52. The van der Waals surface area contributed by atoms with E-state index in [4.69, 9.17) is 0 Å². The molecule has 2 rings (SSSR count). The molecule has 2 atom stereocenters. The highest BCUT2D eigenvalue weighted by molar-refractivity contribution is 9.10. The smallest absolute Gasteiger partial charge is 0.0866 e. The Labute approximate surface area is 116 Å². The monoisotopic (exact) mass is 305 g/mol. The molecule has 18 heavy (non-hydrogen) atoms. The third-order valence-electron chi connectivity index (χ3n) is 3.18. The van der Waals surface area contributed by atoms with Crippen LogP contribution >= 0.6 is 15.9 Å². The summed E-state index contributed by atoms with van der Waals surface area (Å²) in [6, 6.07) is 9.90. The first-order valence-corrected chi connectivity index (χ1v) is 6.73. The Morgan fingerprint density at radius 2 is 1.83 bits per heavy atom. The molecule has 1 heterocycles. The number of aryl methyl sites for hydroxylation is 1. The lowest BCUT2D eigenvalue weighted by molar-refractivity contribution is 0.151. The Morgan fingerprint density at radius 1 is 1.17 bits per heavy atom. The number of benzene rings is 1. The molecule has 0 radical (unpaired) electrons. The van der Waals surface area contributed by atoms with Crippen LogP contribution in [0, 0.1) is 6.92 Å². The lowest BCUT2D eigenvalue weighted by atomic mass is 9.91. The molecular weight excluding hydrogens is 290 g/mol. The van der Waals surface area contributed by atoms with E-state index in [1.54, 1.807) is 12.4 Å². The van der Waals surface area contributed by atoms with Gasteiger partial charge in [0.05, 0.1) is 6.10 Å². The van der Waals surface area contributed by atoms with Gasteiger partial charge in [-0.15, -0.1) is 0 Å². The molecular formula is C15H16BrNO. The van der Waals surface area contributed by atoms with Gasteiger partial charge in [-0.3, -0.25) is 4.98 Å². The van der Waals surface area contributed by atoms with E-state index in [2.05, 4.69) is 20.9 Å². The Kier molecular flexibility index (Phi) is 4.15. The van der Waals surface area contributed by atoms with Crippen LogP contribution in [0.4, 0.5) is 0 Å². The van der Waals surface area contributed by atoms with E-state index < -0.39 is 6.10 Å². The van der Waals surface area contributed by atoms with Crippen LogP contribution in [0.25, 0.3) is 0 Å². The number of nitrogens with zero attached hydrogens (tertiary/aromatic N) is 1. The standard InChI is InChI=1S/C15H16BrNO/c1-10-3-4-13(14(16)9-10)15(18)11(2)12-5-7-17-8-6-12/h3-9,11,15,18H,1-2H3. The minimum Gasteiger partial charge on any atom is -0.388 e. The first kappa shape index (κ1) is 13.2. The fraction of sp³-hybridized carbons (Fsp3) is 0.267. The Morgan fingerprint density at radius 3 is 2.44 bits per heavy atom. The number of aliphatic hydroxyl groups is 1. The second kappa shape index (κ2) is 5.63. The molecule has 0 aliphatic carbocycles. The van der Waals surface area contributed by atoms with E-state index in [1.165, 1.54) is 5.56 Å². The quantitative estimate of drug-likeness (QED) is 0.930. The molecule has 0 aliphatic heterocycles. The van der Waals surface area contributed by atoms with Gasteiger partial charge in [0.15, 0.2) is 0 Å². The molecule has 0 saturated heterocycles. The molecule has 3 heteroatoms. The second-order valence-electron chi connectivity index (χ2n) is 4.54. The average molecular weight is 306 g/mol. The molecule has 0 bridgehead atoms. The minimum absolute atomic E-state index is 0.0343. The molecule has 2 nitrogen and oxygen atoms in total. The third kappa shape index (κ3) is 2.79. The Balaban J connectivity index is 2.28. The molecule has 2 aromatic rings. The largest absolute Gasteiger partial charge is 0.388 e. The number of rotatable bonds is 3. The van der Waals surface area contributed by atoms with Crippen LogP contribution in [0.3, 0.4) is 0 Å². The van der Waals surface area contributed by atoms with Crippen LogP contribution in [0.15, 0.2) is 47.2 Å². The zero-order chi connectivity index (χ0) is 13.1. The summed E-state index contributed by atoms with van der Waals surface area (Å²) in [5.74, 6) is 0.0343. The Bertz CT molecular complexity index is 527. The van der Waals surface area contributed by atoms with Crippen molar-refractivity contribution in [1.29, 1.82) is 0 Å². The summed E-state index contributed by atoms with van der Waals surface area (Å²) in [4.78, 5) is 4.00. The highest BCUT2D eigenvalue weighted by atomic mass is 79.9. The van der Waals surface area contributed by atoms with Crippen LogP contribution in [-0.4, -0.2) is 10.1 Å². The SMILES string of the molecule is Cc1ccc(C(O)C(C)c2ccncc2)c(Br)c1. The summed E-state index contributed by atoms with van der Waals surface area (Å²) in [6.45, 7) is 4.06. The van der Waals surface area contributed by atoms with Gasteiger partial charge >= 0.3 is 0 Å². The molecule has 0 saturated carbocycles. The molecule has 2 unspecified atom stereocenters. The average Bonchev–Trinajstić information content (AvgIpc) is 2.38. The van der Waals surface area contributed by atoms with Gasteiger partial charge in [-0.25, -0.2) is 0 Å². The van der Waals surface area contributed by atoms with Gasteiger partial charge in [0, 0.05) is 22.8 Å². The van der Waals surface area contributed by atoms with Crippen molar-refractivity contribution in [1.82, 2.24) is 4.98 Å². The molecule has 0 fully saturated rings. The van der Waals surface area contributed by atoms with E-state index in [1.807, 2.05) is 44.2 Å². The van der Waals surface area contributed by atoms with Crippen molar-refractivity contribution in [3.63, 3.8) is 0 Å². The predicted octanol–water partition coefficient (Wildman–Crippen LogP) is 3.99. The lowest BCUT2D eigenvalue weighted by Gasteiger charge is -2.21. The molecule has 1 N–H and O–H groups in total. The van der Waals surface area contributed by atoms with E-state index in [-0.39, 0.29) is 5.92 Å². The van der Waals surface area contributed by atoms with E-state index in [9.17, 15) is 5.11 Å². The van der Waals surface area contributed by atoms with Crippen molar-refractivity contribution in [2.24, 2.45) is 0 Å². The maximum atomic E-state index is 10.5. The van der Waals surface area contributed by atoms with Gasteiger partial charge in [0.25, 0.3) is 0 Å². The summed E-state index contributed by atoms with van der Waals surface area (Å²) in [7, 11) is 0. The van der Waals surface area contributed by atoms with Crippen LogP contribution in [-0.2, 0) is 0 Å². The van der Waals surface area contributed by atoms with Crippen LogP contribution in [0.1, 0.15) is 35.6 Å². The van der Waals surface area contributed by atoms with Crippen LogP contribution < -0.4 is 0 Å². The lowest BCUT2D eigenvalue weighted by Crippen LogP contribution is -2.08. The van der Waals surface area contributed by atoms with E-state index in [0.29, 0.717) is 0 Å². The van der Waals surface area contributed by atoms with Gasteiger partial charge in [-0.1, -0.05) is 35.0 Å². The van der Waals surface area contributed by atoms with Crippen molar-refractivity contribution < 1.29 is 5.11 Å². The highest BCUT2D eigenvalue weighted by Gasteiger charge is 2.20. The maximum Gasteiger partial charge on any atom is 0.0866 e. The van der Waals surface area contributed by atoms with Crippen molar-refractivity contribution in [2.75, 3.05) is 0 Å². The van der Waals surface area contributed by atoms with Crippen molar-refractivity contribution in [3.05, 3.63) is 63.9 Å². The van der Waals surface area contributed by atoms with Gasteiger partial charge < -0.3 is 5.11 Å². The summed E-state index contributed by atoms with van der Waals surface area (Å²) < 4.78 is 0.955. The number of aliphatic hydroxyl groups excluding tert-OH is 1. The predicted molar refractivity (Wildman–Crippen MR) is 76.5 cm³/mol. The number of hydrogen-bond acceptors (Lipinski definition) is 2. The number of aromatic nitrogens is 1. The number of pyridine rings is 1. The van der Waals surface area contributed by atoms with Gasteiger partial charge in [-0.05, 0) is 41.8 Å². The topological polar surface area (TPSA) is 33.1 Å². The van der Waals surface area contributed by atoms with Crippen molar-refractivity contribution in [3.8, 4) is 0 Å². The molecule has 1 aromatic heterocycles. The molecule has 0 amide bonds. The van der Waals surface area contributed by atoms with Crippen molar-refractivity contribution in [2.45, 2.75) is 25.9 Å². The van der Waals surface area contributed by atoms with Gasteiger partial charge in [0.2, 0.25) is 0 Å². The zero-order valence-corrected chi connectivity index (χ0v) is 12.1. The van der Waals surface area contributed by atoms with Gasteiger partial charge in [-0.2, -0.15) is 0 Å². The van der Waals surface area contributed by atoms with Crippen LogP contribution in [0.5, 0.6) is 0 Å². The van der Waals surface area contributed by atoms with Crippen LogP contribution in [0.2, 0.25) is 0 Å². The summed E-state index contributed by atoms with van der Waals surface area (Å²) in [6.07, 6.45) is 2.98. The first-order chi connectivity index (χ1) is 8.59. The third-order valence-corrected chi connectivity index (χ3v) is 3.87. The Hall–Kier alpha value is -1.19. The fourth-order valence-electron chi connectivity index (χ4n) is 1.99. The number of halogens is 1. The van der Waals surface area contributed by atoms with Crippen molar-refractivity contribution >= 4 is 15.9 Å². The molecule has 0 spiro atoms. The van der Waals surface area contributed by atoms with Gasteiger partial charge in [0.1, 0.15) is 0 Å². The molecule has 0 aliphatic rings. The first-order valence-electron chi connectivity index (χ1n) is 5.93. The summed E-state index contributed by atoms with van der Waals surface area (Å²) in [5, 5.41) is 10.5. The van der Waals surface area contributed by atoms with E-state index in [0.717, 1.165) is 15.6 Å². The highest BCUT2D eigenvalue weighted by Crippen LogP contribution is 2.34. The molecule has 94 valence electrons. The zero-order valence-electron chi connectivity index (χ0n) is 10.5. The maximum absolute atomic E-state index is 10.5.